The molecular weight excluding hydrogens is 242 g/mol. The van der Waals surface area contributed by atoms with Gasteiger partial charge in [0, 0.05) is 11.7 Å². The Morgan fingerprint density at radius 2 is 1.25 bits per heavy atom. The predicted molar refractivity (Wildman–Crippen MR) is 88.6 cm³/mol. The summed E-state index contributed by atoms with van der Waals surface area (Å²) in [6.07, 6.45) is 0. The quantitative estimate of drug-likeness (QED) is 0.785. The van der Waals surface area contributed by atoms with E-state index in [2.05, 4.69) is 77.2 Å². The Hall–Kier alpha value is -1.76. The van der Waals surface area contributed by atoms with Crippen LogP contribution in [0, 0.1) is 34.6 Å². The van der Waals surface area contributed by atoms with Crippen molar-refractivity contribution in [2.45, 2.75) is 47.6 Å². The molecule has 2 rings (SSSR count). The molecule has 2 aromatic carbocycles. The monoisotopic (exact) mass is 267 g/mol. The van der Waals surface area contributed by atoms with Gasteiger partial charge in [-0.3, -0.25) is 0 Å². The van der Waals surface area contributed by atoms with E-state index in [4.69, 9.17) is 0 Å². The number of hydrogen-bond donors (Lipinski definition) is 1. The second kappa shape index (κ2) is 5.70. The number of rotatable bonds is 3. The largest absolute Gasteiger partial charge is 0.378 e. The lowest BCUT2D eigenvalue weighted by Gasteiger charge is -2.20. The lowest BCUT2D eigenvalue weighted by Crippen LogP contribution is -2.09. The van der Waals surface area contributed by atoms with Gasteiger partial charge in [-0.15, -0.1) is 0 Å². The highest BCUT2D eigenvalue weighted by atomic mass is 14.9. The van der Waals surface area contributed by atoms with E-state index >= 15 is 0 Å². The molecule has 1 heteroatoms. The lowest BCUT2D eigenvalue weighted by atomic mass is 9.96. The molecule has 1 nitrogen and oxygen atoms in total. The van der Waals surface area contributed by atoms with Crippen molar-refractivity contribution in [2.24, 2.45) is 0 Å². The second-order valence-corrected chi connectivity index (χ2v) is 6.04. The Morgan fingerprint density at radius 1 is 0.700 bits per heavy atom. The zero-order valence-electron chi connectivity index (χ0n) is 13.5. The molecule has 1 N–H and O–H groups in total. The summed E-state index contributed by atoms with van der Waals surface area (Å²) in [4.78, 5) is 0. The summed E-state index contributed by atoms with van der Waals surface area (Å²) < 4.78 is 0. The molecule has 1 atom stereocenters. The summed E-state index contributed by atoms with van der Waals surface area (Å²) in [6.45, 7) is 13.1. The molecule has 1 unspecified atom stereocenters. The van der Waals surface area contributed by atoms with Crippen LogP contribution in [0.5, 0.6) is 0 Å². The normalized spacial score (nSPS) is 12.3. The zero-order chi connectivity index (χ0) is 14.9. The van der Waals surface area contributed by atoms with Crippen molar-refractivity contribution in [3.8, 4) is 0 Å². The van der Waals surface area contributed by atoms with Gasteiger partial charge in [-0.1, -0.05) is 18.2 Å². The smallest absolute Gasteiger partial charge is 0.0488 e. The molecule has 0 spiro atoms. The van der Waals surface area contributed by atoms with Crippen molar-refractivity contribution in [3.63, 3.8) is 0 Å². The van der Waals surface area contributed by atoms with Crippen LogP contribution in [0.2, 0.25) is 0 Å². The van der Waals surface area contributed by atoms with Gasteiger partial charge in [0.25, 0.3) is 0 Å². The fourth-order valence-electron chi connectivity index (χ4n) is 2.84. The maximum Gasteiger partial charge on any atom is 0.0488 e. The molecule has 106 valence electrons. The minimum Gasteiger partial charge on any atom is -0.378 e. The van der Waals surface area contributed by atoms with E-state index < -0.39 is 0 Å². The van der Waals surface area contributed by atoms with Crippen LogP contribution in [-0.4, -0.2) is 0 Å². The summed E-state index contributed by atoms with van der Waals surface area (Å²) in [5.41, 5.74) is 9.27. The summed E-state index contributed by atoms with van der Waals surface area (Å²) in [6, 6.07) is 11.5. The van der Waals surface area contributed by atoms with E-state index in [1.54, 1.807) is 0 Å². The van der Waals surface area contributed by atoms with Crippen LogP contribution in [-0.2, 0) is 0 Å². The molecule has 0 heterocycles. The summed E-state index contributed by atoms with van der Waals surface area (Å²) in [7, 11) is 0. The molecule has 2 aromatic rings. The average Bonchev–Trinajstić information content (AvgIpc) is 2.32. The van der Waals surface area contributed by atoms with Gasteiger partial charge in [0.2, 0.25) is 0 Å². The van der Waals surface area contributed by atoms with Crippen molar-refractivity contribution >= 4 is 5.69 Å². The first-order valence-corrected chi connectivity index (χ1v) is 7.29. The molecule has 0 aromatic heterocycles. The molecule has 0 fully saturated rings. The first kappa shape index (κ1) is 14.6. The number of aryl methyl sites for hydroxylation is 5. The van der Waals surface area contributed by atoms with Crippen molar-refractivity contribution in [1.82, 2.24) is 0 Å². The predicted octanol–water partition coefficient (Wildman–Crippen LogP) is 5.40. The highest BCUT2D eigenvalue weighted by Gasteiger charge is 2.10. The highest BCUT2D eigenvalue weighted by Crippen LogP contribution is 2.25. The van der Waals surface area contributed by atoms with Gasteiger partial charge in [-0.2, -0.15) is 0 Å². The van der Waals surface area contributed by atoms with Crippen molar-refractivity contribution in [1.29, 1.82) is 0 Å². The summed E-state index contributed by atoms with van der Waals surface area (Å²) in [5.74, 6) is 0. The third-order valence-electron chi connectivity index (χ3n) is 3.95. The van der Waals surface area contributed by atoms with E-state index in [1.165, 1.54) is 39.1 Å². The van der Waals surface area contributed by atoms with E-state index in [-0.39, 0.29) is 0 Å². The molecule has 0 bridgehead atoms. The van der Waals surface area contributed by atoms with Crippen LogP contribution in [0.15, 0.2) is 30.3 Å². The van der Waals surface area contributed by atoms with Gasteiger partial charge in [0.15, 0.2) is 0 Å². The van der Waals surface area contributed by atoms with E-state index in [0.717, 1.165) is 0 Å². The van der Waals surface area contributed by atoms with Crippen molar-refractivity contribution in [2.75, 3.05) is 5.32 Å². The molecule has 0 radical (unpaired) electrons. The zero-order valence-corrected chi connectivity index (χ0v) is 13.5. The molecule has 0 saturated carbocycles. The van der Waals surface area contributed by atoms with Crippen LogP contribution < -0.4 is 5.32 Å². The van der Waals surface area contributed by atoms with E-state index in [9.17, 15) is 0 Å². The fraction of sp³-hybridized carbons (Fsp3) is 0.368. The molecule has 20 heavy (non-hydrogen) atoms. The average molecular weight is 267 g/mol. The van der Waals surface area contributed by atoms with Gasteiger partial charge >= 0.3 is 0 Å². The number of hydrogen-bond acceptors (Lipinski definition) is 1. The van der Waals surface area contributed by atoms with E-state index in [1.807, 2.05) is 0 Å². The molecule has 0 aliphatic heterocycles. The van der Waals surface area contributed by atoms with Crippen LogP contribution in [0.4, 0.5) is 5.69 Å². The third-order valence-corrected chi connectivity index (χ3v) is 3.95. The van der Waals surface area contributed by atoms with Gasteiger partial charge in [0.1, 0.15) is 0 Å². The molecule has 0 saturated heterocycles. The standard InChI is InChI=1S/C19H25N/c1-12-7-13(2)9-18(8-12)20-17(6)19-11-15(4)14(3)10-16(19)5/h7-11,17,20H,1-6H3. The second-order valence-electron chi connectivity index (χ2n) is 6.04. The topological polar surface area (TPSA) is 12.0 Å². The Labute approximate surface area is 123 Å². The number of benzene rings is 2. The minimum absolute atomic E-state index is 0.315. The first-order valence-electron chi connectivity index (χ1n) is 7.29. The van der Waals surface area contributed by atoms with Crippen LogP contribution in [0.3, 0.4) is 0 Å². The minimum atomic E-state index is 0.315. The van der Waals surface area contributed by atoms with Gasteiger partial charge in [0.05, 0.1) is 0 Å². The summed E-state index contributed by atoms with van der Waals surface area (Å²) in [5, 5.41) is 3.63. The van der Waals surface area contributed by atoms with Crippen LogP contribution in [0.1, 0.15) is 46.3 Å². The Bertz CT molecular complexity index is 606. The number of anilines is 1. The van der Waals surface area contributed by atoms with E-state index in [0.29, 0.717) is 6.04 Å². The van der Waals surface area contributed by atoms with Crippen molar-refractivity contribution < 1.29 is 0 Å². The Balaban J connectivity index is 2.28. The van der Waals surface area contributed by atoms with Gasteiger partial charge in [-0.25, -0.2) is 0 Å². The van der Waals surface area contributed by atoms with Crippen LogP contribution in [0.25, 0.3) is 0 Å². The molecule has 0 aliphatic rings. The highest BCUT2D eigenvalue weighted by molar-refractivity contribution is 5.51. The maximum atomic E-state index is 3.63. The number of nitrogens with one attached hydrogen (secondary N) is 1. The van der Waals surface area contributed by atoms with Crippen LogP contribution >= 0.6 is 0 Å². The molecular formula is C19H25N. The first-order chi connectivity index (χ1) is 9.36. The SMILES string of the molecule is Cc1cc(C)cc(NC(C)c2cc(C)c(C)cc2C)c1. The maximum absolute atomic E-state index is 3.63. The molecule has 0 amide bonds. The Kier molecular flexibility index (Phi) is 4.17. The lowest BCUT2D eigenvalue weighted by molar-refractivity contribution is 0.870. The fourth-order valence-corrected chi connectivity index (χ4v) is 2.84. The Morgan fingerprint density at radius 3 is 1.85 bits per heavy atom. The molecule has 0 aliphatic carbocycles. The third kappa shape index (κ3) is 3.22. The summed E-state index contributed by atoms with van der Waals surface area (Å²) >= 11 is 0. The van der Waals surface area contributed by atoms with Gasteiger partial charge in [-0.05, 0) is 87.1 Å². The van der Waals surface area contributed by atoms with Gasteiger partial charge < -0.3 is 5.32 Å². The van der Waals surface area contributed by atoms with Crippen molar-refractivity contribution in [3.05, 3.63) is 63.7 Å².